The van der Waals surface area contributed by atoms with E-state index in [1.165, 1.54) is 12.0 Å². The first kappa shape index (κ1) is 12.4. The van der Waals surface area contributed by atoms with E-state index in [1.54, 1.807) is 0 Å². The lowest BCUT2D eigenvalue weighted by Gasteiger charge is -1.90. The van der Waals surface area contributed by atoms with Gasteiger partial charge in [-0.2, -0.15) is 0 Å². The molecule has 0 nitrogen and oxygen atoms in total. The van der Waals surface area contributed by atoms with Gasteiger partial charge in [-0.25, -0.2) is 0 Å². The summed E-state index contributed by atoms with van der Waals surface area (Å²) in [6.45, 7) is 14.4. The molecule has 0 aromatic rings. The number of rotatable bonds is 2. The molecule has 0 bridgehead atoms. The Balaban J connectivity index is 0. The monoisotopic (exact) mass is 142 g/mol. The average molecular weight is 142 g/mol. The van der Waals surface area contributed by atoms with Crippen LogP contribution in [0.5, 0.6) is 0 Å². The van der Waals surface area contributed by atoms with Gasteiger partial charge in [-0.1, -0.05) is 39.7 Å². The van der Waals surface area contributed by atoms with Crippen molar-refractivity contribution >= 4 is 0 Å². The van der Waals surface area contributed by atoms with Crippen LogP contribution in [0.1, 0.15) is 47.5 Å². The van der Waals surface area contributed by atoms with Gasteiger partial charge in [-0.15, -0.1) is 6.58 Å². The van der Waals surface area contributed by atoms with Crippen molar-refractivity contribution in [3.05, 3.63) is 12.2 Å². The van der Waals surface area contributed by atoms with Gasteiger partial charge in [-0.05, 0) is 19.3 Å². The second-order valence-corrected chi connectivity index (χ2v) is 3.11. The predicted octanol–water partition coefficient (Wildman–Crippen LogP) is 4.02. The van der Waals surface area contributed by atoms with Crippen LogP contribution >= 0.6 is 0 Å². The lowest BCUT2D eigenvalue weighted by Crippen LogP contribution is -1.77. The lowest BCUT2D eigenvalue weighted by atomic mass is 10.2. The van der Waals surface area contributed by atoms with Gasteiger partial charge >= 0.3 is 0 Å². The molecular weight excluding hydrogens is 120 g/mol. The lowest BCUT2D eigenvalue weighted by molar-refractivity contribution is 0.626. The maximum absolute atomic E-state index is 3.67. The minimum Gasteiger partial charge on any atom is -0.100 e. The smallest absolute Gasteiger partial charge is 0.0354 e. The maximum atomic E-state index is 3.67. The van der Waals surface area contributed by atoms with Crippen LogP contribution in [0.2, 0.25) is 0 Å². The van der Waals surface area contributed by atoms with Gasteiger partial charge in [0.05, 0.1) is 0 Å². The summed E-state index contributed by atoms with van der Waals surface area (Å²) >= 11 is 0. The Bertz CT molecular complexity index is 70.1. The summed E-state index contributed by atoms with van der Waals surface area (Å²) in [6.07, 6.45) is 2.42. The molecular formula is C10H22. The highest BCUT2D eigenvalue weighted by molar-refractivity contribution is 4.84. The highest BCUT2D eigenvalue weighted by Crippen LogP contribution is 1.93. The Hall–Kier alpha value is -0.260. The van der Waals surface area contributed by atoms with Gasteiger partial charge in [0.1, 0.15) is 0 Å². The second kappa shape index (κ2) is 8.74. The van der Waals surface area contributed by atoms with Crippen molar-refractivity contribution in [3.63, 3.8) is 0 Å². The van der Waals surface area contributed by atoms with Crippen molar-refractivity contribution < 1.29 is 0 Å². The standard InChI is InChI=1S/C5H12.C5H10/c2*1-4-5(2)3/h5H,4H2,1-3H3;2,4H2,1,3H3. The van der Waals surface area contributed by atoms with Crippen LogP contribution in [-0.2, 0) is 0 Å². The third-order valence-electron chi connectivity index (χ3n) is 1.42. The zero-order valence-corrected chi connectivity index (χ0v) is 8.20. The van der Waals surface area contributed by atoms with E-state index in [-0.39, 0.29) is 0 Å². The van der Waals surface area contributed by atoms with E-state index in [0.29, 0.717) is 0 Å². The molecule has 0 fully saturated rings. The third-order valence-corrected chi connectivity index (χ3v) is 1.42. The Labute approximate surface area is 66.3 Å². The first-order chi connectivity index (χ1) is 4.54. The Kier molecular flexibility index (Phi) is 10.9. The zero-order valence-electron chi connectivity index (χ0n) is 8.20. The Morgan fingerprint density at radius 2 is 1.50 bits per heavy atom. The Morgan fingerprint density at radius 1 is 1.30 bits per heavy atom. The van der Waals surface area contributed by atoms with Crippen molar-refractivity contribution in [1.82, 2.24) is 0 Å². The highest BCUT2D eigenvalue weighted by Gasteiger charge is 1.80. The quantitative estimate of drug-likeness (QED) is 0.511. The molecule has 0 unspecified atom stereocenters. The van der Waals surface area contributed by atoms with Crippen LogP contribution in [0, 0.1) is 5.92 Å². The molecule has 0 aromatic carbocycles. The molecule has 0 aliphatic heterocycles. The summed E-state index contributed by atoms with van der Waals surface area (Å²) in [5, 5.41) is 0. The summed E-state index contributed by atoms with van der Waals surface area (Å²) < 4.78 is 0. The zero-order chi connectivity index (χ0) is 8.57. The van der Waals surface area contributed by atoms with Crippen molar-refractivity contribution in [1.29, 1.82) is 0 Å². The van der Waals surface area contributed by atoms with Crippen molar-refractivity contribution in [2.45, 2.75) is 47.5 Å². The summed E-state index contributed by atoms with van der Waals surface area (Å²) in [4.78, 5) is 0. The van der Waals surface area contributed by atoms with E-state index in [9.17, 15) is 0 Å². The number of allylic oxidation sites excluding steroid dienone is 1. The summed E-state index contributed by atoms with van der Waals surface area (Å²) in [5.74, 6) is 0.884. The fourth-order valence-electron chi connectivity index (χ4n) is 0. The third kappa shape index (κ3) is 25.1. The molecule has 0 rings (SSSR count). The molecule has 0 saturated carbocycles. The molecule has 0 amide bonds. The van der Waals surface area contributed by atoms with Crippen molar-refractivity contribution in [3.8, 4) is 0 Å². The average Bonchev–Trinajstić information content (AvgIpc) is 1.89. The molecule has 0 aliphatic carbocycles. The fourth-order valence-corrected chi connectivity index (χ4v) is 0. The van der Waals surface area contributed by atoms with Gasteiger partial charge in [0.25, 0.3) is 0 Å². The van der Waals surface area contributed by atoms with E-state index < -0.39 is 0 Å². The first-order valence-electron chi connectivity index (χ1n) is 4.18. The molecule has 0 radical (unpaired) electrons. The van der Waals surface area contributed by atoms with E-state index in [0.717, 1.165) is 12.3 Å². The van der Waals surface area contributed by atoms with Crippen LogP contribution in [-0.4, -0.2) is 0 Å². The van der Waals surface area contributed by atoms with Gasteiger partial charge < -0.3 is 0 Å². The molecule has 0 N–H and O–H groups in total. The predicted molar refractivity (Wildman–Crippen MR) is 50.2 cm³/mol. The van der Waals surface area contributed by atoms with E-state index in [4.69, 9.17) is 0 Å². The molecule has 0 spiro atoms. The molecule has 0 heteroatoms. The van der Waals surface area contributed by atoms with Crippen LogP contribution in [0.25, 0.3) is 0 Å². The Morgan fingerprint density at radius 3 is 1.50 bits per heavy atom. The molecule has 0 heterocycles. The SMILES string of the molecule is C=C(C)CC.CCC(C)C. The molecule has 10 heavy (non-hydrogen) atoms. The van der Waals surface area contributed by atoms with Crippen LogP contribution in [0.3, 0.4) is 0 Å². The largest absolute Gasteiger partial charge is 0.100 e. The first-order valence-corrected chi connectivity index (χ1v) is 4.18. The van der Waals surface area contributed by atoms with E-state index >= 15 is 0 Å². The van der Waals surface area contributed by atoms with Crippen molar-refractivity contribution in [2.75, 3.05) is 0 Å². The summed E-state index contributed by atoms with van der Waals surface area (Å²) in [6, 6.07) is 0. The topological polar surface area (TPSA) is 0 Å². The molecule has 0 aromatic heterocycles. The van der Waals surface area contributed by atoms with Crippen LogP contribution in [0.4, 0.5) is 0 Å². The minimum absolute atomic E-state index is 0.884. The number of hydrogen-bond acceptors (Lipinski definition) is 0. The summed E-state index contributed by atoms with van der Waals surface area (Å²) in [5.41, 5.74) is 1.25. The maximum Gasteiger partial charge on any atom is -0.0354 e. The number of hydrogen-bond donors (Lipinski definition) is 0. The van der Waals surface area contributed by atoms with E-state index in [1.807, 2.05) is 6.92 Å². The summed E-state index contributed by atoms with van der Waals surface area (Å²) in [7, 11) is 0. The second-order valence-electron chi connectivity index (χ2n) is 3.11. The van der Waals surface area contributed by atoms with Crippen LogP contribution in [0.15, 0.2) is 12.2 Å². The normalized spacial score (nSPS) is 8.60. The van der Waals surface area contributed by atoms with Crippen molar-refractivity contribution in [2.24, 2.45) is 5.92 Å². The van der Waals surface area contributed by atoms with Gasteiger partial charge in [0.15, 0.2) is 0 Å². The molecule has 62 valence electrons. The molecule has 0 saturated heterocycles. The van der Waals surface area contributed by atoms with E-state index in [2.05, 4.69) is 34.3 Å². The molecule has 0 atom stereocenters. The van der Waals surface area contributed by atoms with Gasteiger partial charge in [-0.3, -0.25) is 0 Å². The molecule has 0 aliphatic rings. The van der Waals surface area contributed by atoms with Crippen LogP contribution < -0.4 is 0 Å². The van der Waals surface area contributed by atoms with Gasteiger partial charge in [0, 0.05) is 0 Å². The fraction of sp³-hybridized carbons (Fsp3) is 0.800. The van der Waals surface area contributed by atoms with Gasteiger partial charge in [0.2, 0.25) is 0 Å². The minimum atomic E-state index is 0.884. The highest BCUT2D eigenvalue weighted by atomic mass is 13.9.